The van der Waals surface area contributed by atoms with Gasteiger partial charge in [0.15, 0.2) is 11.5 Å². The molecule has 7 rings (SSSR count). The summed E-state index contributed by atoms with van der Waals surface area (Å²) in [5.74, 6) is 1.96. The minimum atomic E-state index is -0.219. The summed E-state index contributed by atoms with van der Waals surface area (Å²) in [4.78, 5) is 9.53. The molecule has 6 aromatic rings. The Bertz CT molecular complexity index is 1870. The van der Waals surface area contributed by atoms with Gasteiger partial charge in [-0.1, -0.05) is 35.9 Å². The Kier molecular flexibility index (Phi) is 5.38. The van der Waals surface area contributed by atoms with Crippen LogP contribution in [0.15, 0.2) is 61.2 Å². The van der Waals surface area contributed by atoms with E-state index in [-0.39, 0.29) is 5.92 Å². The zero-order valence-corrected chi connectivity index (χ0v) is 22.1. The van der Waals surface area contributed by atoms with Gasteiger partial charge >= 0.3 is 0 Å². The van der Waals surface area contributed by atoms with E-state index >= 15 is 0 Å². The second kappa shape index (κ2) is 8.95. The van der Waals surface area contributed by atoms with Crippen molar-refractivity contribution in [2.24, 2.45) is 7.05 Å². The van der Waals surface area contributed by atoms with Gasteiger partial charge < -0.3 is 9.47 Å². The molecule has 0 spiro atoms. The lowest BCUT2D eigenvalue weighted by molar-refractivity contribution is 0.306. The number of nitrogens with one attached hydrogen (secondary N) is 1. The van der Waals surface area contributed by atoms with E-state index in [9.17, 15) is 0 Å². The van der Waals surface area contributed by atoms with Crippen LogP contribution in [0.3, 0.4) is 0 Å². The molecule has 4 aromatic heterocycles. The lowest BCUT2D eigenvalue weighted by Crippen LogP contribution is -2.14. The number of nitrogens with zero attached hydrogens (tertiary/aromatic N) is 7. The van der Waals surface area contributed by atoms with Gasteiger partial charge in [0.1, 0.15) is 18.7 Å². The first kappa shape index (κ1) is 23.4. The maximum Gasteiger partial charge on any atom is 0.244 e. The number of rotatable bonds is 5. The van der Waals surface area contributed by atoms with E-state index < -0.39 is 0 Å². The molecule has 0 radical (unpaired) electrons. The maximum absolute atomic E-state index is 6.31. The molecule has 0 fully saturated rings. The van der Waals surface area contributed by atoms with Crippen molar-refractivity contribution in [2.75, 3.05) is 0 Å². The van der Waals surface area contributed by atoms with E-state index in [2.05, 4.69) is 20.3 Å². The van der Waals surface area contributed by atoms with Crippen molar-refractivity contribution in [1.82, 2.24) is 39.6 Å². The molecule has 5 heterocycles. The second-order valence-corrected chi connectivity index (χ2v) is 10.0. The average Bonchev–Trinajstić information content (AvgIpc) is 3.66. The Balaban J connectivity index is 1.28. The van der Waals surface area contributed by atoms with Crippen molar-refractivity contribution in [3.8, 4) is 28.9 Å². The molecule has 194 valence electrons. The van der Waals surface area contributed by atoms with E-state index in [1.54, 1.807) is 15.5 Å². The van der Waals surface area contributed by atoms with E-state index in [1.165, 1.54) is 0 Å². The second-order valence-electron chi connectivity index (χ2n) is 9.64. The summed E-state index contributed by atoms with van der Waals surface area (Å²) in [6.45, 7) is 4.34. The van der Waals surface area contributed by atoms with Crippen LogP contribution in [-0.2, 0) is 13.7 Å². The fraction of sp³-hybridized carbons (Fsp3) is 0.179. The lowest BCUT2D eigenvalue weighted by Gasteiger charge is -2.24. The highest BCUT2D eigenvalue weighted by Gasteiger charge is 2.37. The molecule has 1 unspecified atom stereocenters. The molecule has 1 aliphatic rings. The van der Waals surface area contributed by atoms with Crippen molar-refractivity contribution in [1.29, 1.82) is 0 Å². The Hall–Kier alpha value is -4.70. The topological polar surface area (TPSA) is 108 Å². The molecular formula is C28H23ClN8O2. The van der Waals surface area contributed by atoms with Crippen LogP contribution in [0.25, 0.3) is 17.0 Å². The summed E-state index contributed by atoms with van der Waals surface area (Å²) in [6, 6.07) is 13.7. The normalized spacial score (nSPS) is 14.2. The van der Waals surface area contributed by atoms with Gasteiger partial charge in [-0.2, -0.15) is 5.10 Å². The summed E-state index contributed by atoms with van der Waals surface area (Å²) < 4.78 is 15.6. The largest absolute Gasteiger partial charge is 0.487 e. The molecular weight excluding hydrogens is 516 g/mol. The standard InChI is InChI=1S/C28H23ClN8O2/c1-15-7-8-20(29)21(9-15)38-13-17-5-4-6-18(10-17)25-32-26-24-23(19-11-31-36(3)12-19)22-16(2)33-34-28(22)39-27(24)30-14-37(26)35-25/h4-12,14,23H,13H2,1-3H3,(H,33,34). The van der Waals surface area contributed by atoms with Gasteiger partial charge in [0.25, 0.3) is 0 Å². The third kappa shape index (κ3) is 4.00. The Morgan fingerprint density at radius 2 is 2.00 bits per heavy atom. The predicted molar refractivity (Wildman–Crippen MR) is 144 cm³/mol. The zero-order valence-electron chi connectivity index (χ0n) is 21.4. The summed E-state index contributed by atoms with van der Waals surface area (Å²) in [7, 11) is 1.89. The third-order valence-electron chi connectivity index (χ3n) is 6.84. The molecule has 39 heavy (non-hydrogen) atoms. The first-order valence-electron chi connectivity index (χ1n) is 12.4. The van der Waals surface area contributed by atoms with Crippen LogP contribution in [0.4, 0.5) is 0 Å². The molecule has 1 aliphatic heterocycles. The number of hydrogen-bond donors (Lipinski definition) is 1. The van der Waals surface area contributed by atoms with E-state index in [0.29, 0.717) is 40.6 Å². The van der Waals surface area contributed by atoms with E-state index in [0.717, 1.165) is 39.1 Å². The lowest BCUT2D eigenvalue weighted by atomic mass is 9.86. The maximum atomic E-state index is 6.31. The number of hydrogen-bond acceptors (Lipinski definition) is 7. The highest BCUT2D eigenvalue weighted by Crippen LogP contribution is 2.48. The molecule has 0 saturated carbocycles. The summed E-state index contributed by atoms with van der Waals surface area (Å²) in [5.41, 5.74) is 7.22. The predicted octanol–water partition coefficient (Wildman–Crippen LogP) is 5.38. The number of halogens is 1. The fourth-order valence-corrected chi connectivity index (χ4v) is 5.16. The molecule has 0 bridgehead atoms. The van der Waals surface area contributed by atoms with Gasteiger partial charge in [0, 0.05) is 35.6 Å². The number of aromatic nitrogens is 8. The van der Waals surface area contributed by atoms with E-state index in [1.807, 2.05) is 75.8 Å². The van der Waals surface area contributed by atoms with Crippen LogP contribution in [0.2, 0.25) is 5.02 Å². The number of H-pyrrole nitrogens is 1. The van der Waals surface area contributed by atoms with Crippen molar-refractivity contribution in [3.63, 3.8) is 0 Å². The molecule has 0 aliphatic carbocycles. The summed E-state index contributed by atoms with van der Waals surface area (Å²) in [5, 5.41) is 17.1. The molecule has 0 amide bonds. The number of aryl methyl sites for hydroxylation is 3. The fourth-order valence-electron chi connectivity index (χ4n) is 4.99. The van der Waals surface area contributed by atoms with Gasteiger partial charge in [0.05, 0.1) is 22.7 Å². The monoisotopic (exact) mass is 538 g/mol. The minimum Gasteiger partial charge on any atom is -0.487 e. The van der Waals surface area contributed by atoms with Crippen LogP contribution >= 0.6 is 11.6 Å². The number of aromatic amines is 1. The number of benzene rings is 2. The van der Waals surface area contributed by atoms with Gasteiger partial charge in [0.2, 0.25) is 11.8 Å². The molecule has 10 nitrogen and oxygen atoms in total. The third-order valence-corrected chi connectivity index (χ3v) is 7.15. The van der Waals surface area contributed by atoms with Crippen molar-refractivity contribution in [2.45, 2.75) is 26.4 Å². The van der Waals surface area contributed by atoms with Gasteiger partial charge in [-0.15, -0.1) is 10.2 Å². The first-order valence-corrected chi connectivity index (χ1v) is 12.8. The van der Waals surface area contributed by atoms with E-state index in [4.69, 9.17) is 31.2 Å². The highest BCUT2D eigenvalue weighted by molar-refractivity contribution is 6.32. The van der Waals surface area contributed by atoms with Crippen molar-refractivity contribution in [3.05, 3.63) is 99.7 Å². The quantitative estimate of drug-likeness (QED) is 0.313. The van der Waals surface area contributed by atoms with Crippen LogP contribution in [0, 0.1) is 13.8 Å². The molecule has 11 heteroatoms. The number of fused-ring (bicyclic) bond motifs is 4. The first-order chi connectivity index (χ1) is 18.9. The Morgan fingerprint density at radius 3 is 2.85 bits per heavy atom. The van der Waals surface area contributed by atoms with Gasteiger partial charge in [-0.3, -0.25) is 9.78 Å². The Morgan fingerprint density at radius 1 is 1.10 bits per heavy atom. The number of ether oxygens (including phenoxy) is 2. The van der Waals surface area contributed by atoms with Gasteiger partial charge in [-0.25, -0.2) is 14.5 Å². The van der Waals surface area contributed by atoms with Crippen LogP contribution in [0.1, 0.15) is 39.4 Å². The summed E-state index contributed by atoms with van der Waals surface area (Å²) in [6.07, 6.45) is 5.45. The Labute approximate surface area is 228 Å². The SMILES string of the molecule is Cc1ccc(Cl)c(OCc2cccc(-c3nc4c5c(ncn4n3)Oc3n[nH]c(C)c3C5c3cnn(C)c3)c2)c1. The zero-order chi connectivity index (χ0) is 26.7. The molecule has 2 aromatic carbocycles. The molecule has 1 N–H and O–H groups in total. The smallest absolute Gasteiger partial charge is 0.244 e. The molecule has 0 saturated heterocycles. The van der Waals surface area contributed by atoms with Crippen LogP contribution in [0.5, 0.6) is 17.5 Å². The van der Waals surface area contributed by atoms with Crippen molar-refractivity contribution >= 4 is 17.2 Å². The average molecular weight is 539 g/mol. The van der Waals surface area contributed by atoms with Crippen molar-refractivity contribution < 1.29 is 9.47 Å². The van der Waals surface area contributed by atoms with Gasteiger partial charge in [-0.05, 0) is 43.2 Å². The minimum absolute atomic E-state index is 0.219. The summed E-state index contributed by atoms with van der Waals surface area (Å²) >= 11 is 6.31. The van der Waals surface area contributed by atoms with Crippen LogP contribution < -0.4 is 9.47 Å². The molecule has 1 atom stereocenters. The highest BCUT2D eigenvalue weighted by atomic mass is 35.5. The van der Waals surface area contributed by atoms with Crippen LogP contribution in [-0.4, -0.2) is 39.6 Å².